The highest BCUT2D eigenvalue weighted by Gasteiger charge is 2.42. The van der Waals surface area contributed by atoms with Crippen LogP contribution in [0.4, 0.5) is 0 Å². The van der Waals surface area contributed by atoms with Gasteiger partial charge in [0.05, 0.1) is 24.9 Å². The van der Waals surface area contributed by atoms with Gasteiger partial charge in [-0.25, -0.2) is 0 Å². The normalized spacial score (nSPS) is 36.4. The van der Waals surface area contributed by atoms with E-state index in [0.717, 1.165) is 64.3 Å². The molecule has 9 heteroatoms. The van der Waals surface area contributed by atoms with Crippen LogP contribution >= 0.6 is 0 Å². The first-order valence-electron chi connectivity index (χ1n) is 15.0. The summed E-state index contributed by atoms with van der Waals surface area (Å²) in [4.78, 5) is 24.1. The van der Waals surface area contributed by atoms with Gasteiger partial charge in [-0.15, -0.1) is 0 Å². The average molecular weight is 542 g/mol. The van der Waals surface area contributed by atoms with Gasteiger partial charge in [-0.3, -0.25) is 15.3 Å². The van der Waals surface area contributed by atoms with E-state index >= 15 is 0 Å². The van der Waals surface area contributed by atoms with Gasteiger partial charge >= 0.3 is 11.9 Å². The second-order valence-corrected chi connectivity index (χ2v) is 12.2. The Hall–Kier alpha value is -1.26. The Morgan fingerprint density at radius 3 is 2.39 bits per heavy atom. The second-order valence-electron chi connectivity index (χ2n) is 12.2. The van der Waals surface area contributed by atoms with Gasteiger partial charge in [0.25, 0.3) is 0 Å². The van der Waals surface area contributed by atoms with E-state index in [1.807, 2.05) is 0 Å². The van der Waals surface area contributed by atoms with Gasteiger partial charge < -0.3 is 29.7 Å². The zero-order chi connectivity index (χ0) is 27.7. The first kappa shape index (κ1) is 31.3. The summed E-state index contributed by atoms with van der Waals surface area (Å²) in [5.41, 5.74) is 6.28. The number of piperidine rings is 1. The molecule has 1 saturated heterocycles. The van der Waals surface area contributed by atoms with E-state index in [4.69, 9.17) is 19.9 Å². The van der Waals surface area contributed by atoms with Crippen LogP contribution in [0.5, 0.6) is 0 Å². The quantitative estimate of drug-likeness (QED) is 0.307. The molecule has 0 radical (unpaired) electrons. The SMILES string of the molecule is COC1CC(CC[C@H](C[C@@H](OC(C)=O)[C@@H]2CCCCC[C@@H](O)C2)OC(C)=O)C(C2CC[NH2+]C(N)C2)CC1O. The molecule has 1 aliphatic heterocycles. The van der Waals surface area contributed by atoms with Crippen LogP contribution in [0.1, 0.15) is 97.3 Å². The van der Waals surface area contributed by atoms with E-state index in [-0.39, 0.29) is 36.2 Å². The van der Waals surface area contributed by atoms with Crippen molar-refractivity contribution < 1.29 is 39.3 Å². The first-order valence-corrected chi connectivity index (χ1v) is 15.0. The second kappa shape index (κ2) is 15.5. The van der Waals surface area contributed by atoms with Gasteiger partial charge in [0.1, 0.15) is 18.4 Å². The monoisotopic (exact) mass is 541 g/mol. The fourth-order valence-corrected chi connectivity index (χ4v) is 7.45. The molecule has 38 heavy (non-hydrogen) atoms. The summed E-state index contributed by atoms with van der Waals surface area (Å²) in [5.74, 6) is 0.495. The number of hydrogen-bond donors (Lipinski definition) is 4. The Morgan fingerprint density at radius 2 is 1.71 bits per heavy atom. The summed E-state index contributed by atoms with van der Waals surface area (Å²) in [6.07, 6.45) is 9.07. The molecule has 0 spiro atoms. The van der Waals surface area contributed by atoms with Gasteiger partial charge in [0.15, 0.2) is 0 Å². The molecule has 0 bridgehead atoms. The molecule has 1 heterocycles. The number of rotatable bonds is 10. The van der Waals surface area contributed by atoms with Crippen LogP contribution in [0.2, 0.25) is 0 Å². The van der Waals surface area contributed by atoms with Crippen LogP contribution < -0.4 is 11.1 Å². The largest absolute Gasteiger partial charge is 0.462 e. The summed E-state index contributed by atoms with van der Waals surface area (Å²) in [5, 5.41) is 23.4. The number of hydrogen-bond acceptors (Lipinski definition) is 8. The number of ether oxygens (including phenoxy) is 3. The van der Waals surface area contributed by atoms with Crippen LogP contribution in [-0.4, -0.2) is 72.5 Å². The summed E-state index contributed by atoms with van der Waals surface area (Å²) in [6, 6.07) is 0. The smallest absolute Gasteiger partial charge is 0.302 e. The van der Waals surface area contributed by atoms with Crippen molar-refractivity contribution in [3.8, 4) is 0 Å². The molecule has 0 aromatic heterocycles. The number of carbonyl (C=O) groups is 2. The lowest BCUT2D eigenvalue weighted by molar-refractivity contribution is -0.699. The molecule has 6 unspecified atom stereocenters. The molecule has 2 saturated carbocycles. The Kier molecular flexibility index (Phi) is 12.8. The number of methoxy groups -OCH3 is 1. The Bertz CT molecular complexity index is 738. The van der Waals surface area contributed by atoms with Gasteiger partial charge in [-0.05, 0) is 75.0 Å². The van der Waals surface area contributed by atoms with Crippen molar-refractivity contribution >= 4 is 11.9 Å². The van der Waals surface area contributed by atoms with Crippen LogP contribution in [0.15, 0.2) is 0 Å². The van der Waals surface area contributed by atoms with E-state index in [0.29, 0.717) is 43.4 Å². The maximum Gasteiger partial charge on any atom is 0.302 e. The lowest BCUT2D eigenvalue weighted by Crippen LogP contribution is -2.94. The number of aliphatic hydroxyl groups excluding tert-OH is 2. The van der Waals surface area contributed by atoms with Gasteiger partial charge in [0.2, 0.25) is 0 Å². The average Bonchev–Trinajstić information content (AvgIpc) is 2.84. The Labute approximate surface area is 228 Å². The Balaban J connectivity index is 1.72. The fraction of sp³-hybridized carbons (Fsp3) is 0.931. The lowest BCUT2D eigenvalue weighted by atomic mass is 9.66. The summed E-state index contributed by atoms with van der Waals surface area (Å²) in [7, 11) is 1.66. The molecule has 0 aromatic rings. The van der Waals surface area contributed by atoms with Gasteiger partial charge in [-0.1, -0.05) is 19.3 Å². The van der Waals surface area contributed by atoms with E-state index in [2.05, 4.69) is 5.32 Å². The van der Waals surface area contributed by atoms with Crippen molar-refractivity contribution in [2.24, 2.45) is 29.4 Å². The third-order valence-corrected chi connectivity index (χ3v) is 9.29. The number of nitrogens with two attached hydrogens (primary N) is 2. The molecular weight excluding hydrogens is 488 g/mol. The van der Waals surface area contributed by atoms with Crippen molar-refractivity contribution in [1.82, 2.24) is 0 Å². The molecule has 2 aliphatic carbocycles. The molecule has 3 rings (SSSR count). The minimum Gasteiger partial charge on any atom is -0.462 e. The maximum absolute atomic E-state index is 12.1. The molecule has 220 valence electrons. The van der Waals surface area contributed by atoms with Crippen molar-refractivity contribution in [2.75, 3.05) is 13.7 Å². The summed E-state index contributed by atoms with van der Waals surface area (Å²) in [6.45, 7) is 3.85. The van der Waals surface area contributed by atoms with Crippen LogP contribution in [0, 0.1) is 23.7 Å². The van der Waals surface area contributed by atoms with Crippen molar-refractivity contribution in [2.45, 2.75) is 134 Å². The van der Waals surface area contributed by atoms with Crippen molar-refractivity contribution in [3.05, 3.63) is 0 Å². The van der Waals surface area contributed by atoms with Crippen LogP contribution in [-0.2, 0) is 23.8 Å². The highest BCUT2D eigenvalue weighted by atomic mass is 16.6. The van der Waals surface area contributed by atoms with Crippen molar-refractivity contribution in [1.29, 1.82) is 0 Å². The number of esters is 2. The highest BCUT2D eigenvalue weighted by Crippen LogP contribution is 2.42. The van der Waals surface area contributed by atoms with E-state index in [1.165, 1.54) is 13.8 Å². The fourth-order valence-electron chi connectivity index (χ4n) is 7.45. The minimum absolute atomic E-state index is 0.0442. The third-order valence-electron chi connectivity index (χ3n) is 9.29. The van der Waals surface area contributed by atoms with E-state index in [9.17, 15) is 19.8 Å². The Morgan fingerprint density at radius 1 is 0.974 bits per heavy atom. The zero-order valence-corrected chi connectivity index (χ0v) is 23.8. The summed E-state index contributed by atoms with van der Waals surface area (Å²) < 4.78 is 17.2. The molecule has 9 nitrogen and oxygen atoms in total. The standard InChI is InChI=1S/C29H52N2O7/c1-18(32)37-24(16-27(38-19(2)33)22-7-5-4-6-8-23(34)13-22)10-9-20-14-28(36-3)26(35)17-25(20)21-11-12-31-29(30)15-21/h20-29,31,34-35H,4-17,30H2,1-3H3/p+1/t20?,21?,22-,23-,24-,25?,26?,27-,28?,29?/m1/s1. The molecule has 0 amide bonds. The number of carbonyl (C=O) groups excluding carboxylic acids is 2. The maximum atomic E-state index is 12.1. The lowest BCUT2D eigenvalue weighted by Gasteiger charge is -2.44. The molecule has 6 N–H and O–H groups in total. The topological polar surface area (TPSA) is 145 Å². The van der Waals surface area contributed by atoms with Crippen LogP contribution in [0.3, 0.4) is 0 Å². The number of quaternary nitrogens is 1. The van der Waals surface area contributed by atoms with Crippen LogP contribution in [0.25, 0.3) is 0 Å². The van der Waals surface area contributed by atoms with E-state index in [1.54, 1.807) is 7.11 Å². The third kappa shape index (κ3) is 9.73. The molecule has 10 atom stereocenters. The van der Waals surface area contributed by atoms with Gasteiger partial charge in [-0.2, -0.15) is 0 Å². The summed E-state index contributed by atoms with van der Waals surface area (Å²) >= 11 is 0. The van der Waals surface area contributed by atoms with Crippen molar-refractivity contribution in [3.63, 3.8) is 0 Å². The molecule has 3 aliphatic rings. The first-order chi connectivity index (χ1) is 18.2. The minimum atomic E-state index is -0.480. The highest BCUT2D eigenvalue weighted by molar-refractivity contribution is 5.66. The molecule has 3 fully saturated rings. The van der Waals surface area contributed by atoms with E-state index < -0.39 is 18.3 Å². The number of aliphatic hydroxyl groups is 2. The predicted octanol–water partition coefficient (Wildman–Crippen LogP) is 2.01. The molecule has 0 aromatic carbocycles. The van der Waals surface area contributed by atoms with Gasteiger partial charge in [0, 0.05) is 33.8 Å². The molecular formula is C29H53N2O7+. The zero-order valence-electron chi connectivity index (χ0n) is 23.8. The predicted molar refractivity (Wildman–Crippen MR) is 143 cm³/mol.